The van der Waals surface area contributed by atoms with Crippen LogP contribution < -0.4 is 10.5 Å². The van der Waals surface area contributed by atoms with E-state index >= 15 is 0 Å². The smallest absolute Gasteiger partial charge is 0.242 e. The van der Waals surface area contributed by atoms with Gasteiger partial charge in [0.15, 0.2) is 0 Å². The van der Waals surface area contributed by atoms with Gasteiger partial charge in [-0.25, -0.2) is 13.1 Å². The molecule has 1 saturated carbocycles. The molecule has 94 valence electrons. The Balaban J connectivity index is 2.20. The molecule has 0 atom stereocenters. The highest BCUT2D eigenvalue weighted by Crippen LogP contribution is 2.26. The van der Waals surface area contributed by atoms with E-state index in [4.69, 9.17) is 10.8 Å². The maximum absolute atomic E-state index is 12.0. The molecule has 17 heavy (non-hydrogen) atoms. The summed E-state index contributed by atoms with van der Waals surface area (Å²) in [6.07, 6.45) is 0.510. The minimum absolute atomic E-state index is 0.0714. The maximum atomic E-state index is 12.0. The lowest BCUT2D eigenvalue weighted by Crippen LogP contribution is -2.46. The topological polar surface area (TPSA) is 92.4 Å². The second-order valence-corrected chi connectivity index (χ2v) is 6.72. The zero-order valence-electron chi connectivity index (χ0n) is 8.93. The average Bonchev–Trinajstić information content (AvgIpc) is 2.14. The Labute approximate surface area is 108 Å². The fourth-order valence-corrected chi connectivity index (χ4v) is 3.48. The molecule has 1 fully saturated rings. The van der Waals surface area contributed by atoms with Gasteiger partial charge in [0.05, 0.1) is 11.8 Å². The van der Waals surface area contributed by atoms with Gasteiger partial charge in [0.1, 0.15) is 4.90 Å². The molecular formula is C10H13BrN2O3S. The normalized spacial score (nSPS) is 24.4. The van der Waals surface area contributed by atoms with Gasteiger partial charge in [0, 0.05) is 10.5 Å². The molecule has 1 aliphatic rings. The van der Waals surface area contributed by atoms with Crippen LogP contribution in [0, 0.1) is 0 Å². The summed E-state index contributed by atoms with van der Waals surface area (Å²) in [5.41, 5.74) is 5.87. The summed E-state index contributed by atoms with van der Waals surface area (Å²) < 4.78 is 27.2. The van der Waals surface area contributed by atoms with E-state index in [9.17, 15) is 8.42 Å². The molecule has 1 aromatic carbocycles. The lowest BCUT2D eigenvalue weighted by atomic mass is 9.91. The van der Waals surface area contributed by atoms with Gasteiger partial charge in [0.2, 0.25) is 10.0 Å². The number of benzene rings is 1. The summed E-state index contributed by atoms with van der Waals surface area (Å²) in [4.78, 5) is 0.0714. The lowest BCUT2D eigenvalue weighted by Gasteiger charge is -2.31. The third-order valence-electron chi connectivity index (χ3n) is 2.70. The number of aliphatic hydroxyl groups is 1. The van der Waals surface area contributed by atoms with Crippen LogP contribution in [0.25, 0.3) is 0 Å². The first-order chi connectivity index (χ1) is 7.88. The van der Waals surface area contributed by atoms with Gasteiger partial charge >= 0.3 is 0 Å². The second kappa shape index (κ2) is 4.56. The third kappa shape index (κ3) is 2.79. The van der Waals surface area contributed by atoms with Gasteiger partial charge in [-0.05, 0) is 31.0 Å². The molecule has 0 bridgehead atoms. The SMILES string of the molecule is Nc1cc(Br)ccc1S(=O)(=O)NC1CC(O)C1. The van der Waals surface area contributed by atoms with E-state index in [1.807, 2.05) is 0 Å². The fraction of sp³-hybridized carbons (Fsp3) is 0.400. The summed E-state index contributed by atoms with van der Waals surface area (Å²) in [6, 6.07) is 4.43. The predicted octanol–water partition coefficient (Wildman–Crippen LogP) is 0.833. The summed E-state index contributed by atoms with van der Waals surface area (Å²) in [5, 5.41) is 9.11. The Morgan fingerprint density at radius 3 is 2.59 bits per heavy atom. The number of hydrogen-bond donors (Lipinski definition) is 3. The van der Waals surface area contributed by atoms with Gasteiger partial charge in [-0.15, -0.1) is 0 Å². The third-order valence-corrected chi connectivity index (χ3v) is 4.78. The molecule has 7 heteroatoms. The Morgan fingerprint density at radius 2 is 2.06 bits per heavy atom. The van der Waals surface area contributed by atoms with E-state index in [1.54, 1.807) is 12.1 Å². The van der Waals surface area contributed by atoms with Crippen LogP contribution >= 0.6 is 15.9 Å². The van der Waals surface area contributed by atoms with E-state index in [1.165, 1.54) is 6.07 Å². The Kier molecular flexibility index (Phi) is 3.44. The van der Waals surface area contributed by atoms with Crippen LogP contribution in [0.1, 0.15) is 12.8 Å². The van der Waals surface area contributed by atoms with Crippen LogP contribution in [0.5, 0.6) is 0 Å². The van der Waals surface area contributed by atoms with Crippen molar-refractivity contribution in [2.45, 2.75) is 29.9 Å². The molecule has 5 nitrogen and oxygen atoms in total. The average molecular weight is 321 g/mol. The number of hydrogen-bond acceptors (Lipinski definition) is 4. The molecule has 1 aromatic rings. The quantitative estimate of drug-likeness (QED) is 0.719. The highest BCUT2D eigenvalue weighted by atomic mass is 79.9. The van der Waals surface area contributed by atoms with Crippen molar-refractivity contribution >= 4 is 31.6 Å². The summed E-state index contributed by atoms with van der Waals surface area (Å²) in [6.45, 7) is 0. The standard InChI is InChI=1S/C10H13BrN2O3S/c11-6-1-2-10(9(12)3-6)17(15,16)13-7-4-8(14)5-7/h1-3,7-8,13-14H,4-5,12H2. The molecule has 0 saturated heterocycles. The maximum Gasteiger partial charge on any atom is 0.242 e. The van der Waals surface area contributed by atoms with Gasteiger partial charge in [-0.1, -0.05) is 15.9 Å². The molecule has 0 heterocycles. The van der Waals surface area contributed by atoms with Crippen LogP contribution in [0.3, 0.4) is 0 Å². The highest BCUT2D eigenvalue weighted by Gasteiger charge is 2.31. The molecule has 0 unspecified atom stereocenters. The minimum atomic E-state index is -3.60. The zero-order chi connectivity index (χ0) is 12.6. The lowest BCUT2D eigenvalue weighted by molar-refractivity contribution is 0.0712. The number of rotatable bonds is 3. The van der Waals surface area contributed by atoms with E-state index in [0.29, 0.717) is 12.8 Å². The molecule has 4 N–H and O–H groups in total. The first kappa shape index (κ1) is 12.8. The van der Waals surface area contributed by atoms with Crippen LogP contribution in [0.15, 0.2) is 27.6 Å². The fourth-order valence-electron chi connectivity index (χ4n) is 1.73. The number of aliphatic hydroxyl groups excluding tert-OH is 1. The van der Waals surface area contributed by atoms with Crippen molar-refractivity contribution in [3.05, 3.63) is 22.7 Å². The van der Waals surface area contributed by atoms with Crippen molar-refractivity contribution in [1.82, 2.24) is 4.72 Å². The monoisotopic (exact) mass is 320 g/mol. The second-order valence-electron chi connectivity index (χ2n) is 4.13. The van der Waals surface area contributed by atoms with Crippen molar-refractivity contribution in [2.75, 3.05) is 5.73 Å². The van der Waals surface area contributed by atoms with Crippen LogP contribution in [0.2, 0.25) is 0 Å². The van der Waals surface area contributed by atoms with Crippen LogP contribution in [-0.4, -0.2) is 25.7 Å². The van der Waals surface area contributed by atoms with Crippen LogP contribution in [0.4, 0.5) is 5.69 Å². The number of anilines is 1. The van der Waals surface area contributed by atoms with Crippen molar-refractivity contribution in [1.29, 1.82) is 0 Å². The van der Waals surface area contributed by atoms with E-state index in [0.717, 1.165) is 4.47 Å². The predicted molar refractivity (Wildman–Crippen MR) is 67.9 cm³/mol. The van der Waals surface area contributed by atoms with E-state index in [-0.39, 0.29) is 16.6 Å². The number of sulfonamides is 1. The highest BCUT2D eigenvalue weighted by molar-refractivity contribution is 9.10. The summed E-state index contributed by atoms with van der Waals surface area (Å²) in [5.74, 6) is 0. The van der Waals surface area contributed by atoms with Crippen molar-refractivity contribution in [3.63, 3.8) is 0 Å². The van der Waals surface area contributed by atoms with Gasteiger partial charge < -0.3 is 10.8 Å². The number of halogens is 1. The Hall–Kier alpha value is -0.630. The molecule has 0 amide bonds. The van der Waals surface area contributed by atoms with E-state index in [2.05, 4.69) is 20.7 Å². The molecular weight excluding hydrogens is 308 g/mol. The largest absolute Gasteiger partial charge is 0.398 e. The first-order valence-corrected chi connectivity index (χ1v) is 7.41. The van der Waals surface area contributed by atoms with Gasteiger partial charge in [-0.3, -0.25) is 0 Å². The molecule has 0 aliphatic heterocycles. The number of nitrogen functional groups attached to an aromatic ring is 1. The summed E-state index contributed by atoms with van der Waals surface area (Å²) >= 11 is 3.22. The zero-order valence-corrected chi connectivity index (χ0v) is 11.3. The number of nitrogens with two attached hydrogens (primary N) is 1. The molecule has 0 spiro atoms. The summed E-state index contributed by atoms with van der Waals surface area (Å²) in [7, 11) is -3.60. The van der Waals surface area contributed by atoms with Crippen molar-refractivity contribution in [3.8, 4) is 0 Å². The van der Waals surface area contributed by atoms with Crippen molar-refractivity contribution < 1.29 is 13.5 Å². The minimum Gasteiger partial charge on any atom is -0.398 e. The van der Waals surface area contributed by atoms with E-state index < -0.39 is 16.1 Å². The first-order valence-electron chi connectivity index (χ1n) is 5.14. The molecule has 0 aromatic heterocycles. The van der Waals surface area contributed by atoms with Gasteiger partial charge in [-0.2, -0.15) is 0 Å². The Morgan fingerprint density at radius 1 is 1.41 bits per heavy atom. The van der Waals surface area contributed by atoms with Gasteiger partial charge in [0.25, 0.3) is 0 Å². The molecule has 0 radical (unpaired) electrons. The van der Waals surface area contributed by atoms with Crippen molar-refractivity contribution in [2.24, 2.45) is 0 Å². The van der Waals surface area contributed by atoms with Crippen LogP contribution in [-0.2, 0) is 10.0 Å². The number of nitrogens with one attached hydrogen (secondary N) is 1. The molecule has 2 rings (SSSR count). The Bertz CT molecular complexity index is 526. The molecule has 1 aliphatic carbocycles.